The van der Waals surface area contributed by atoms with Crippen molar-refractivity contribution in [1.29, 1.82) is 0 Å². The van der Waals surface area contributed by atoms with Gasteiger partial charge in [0.1, 0.15) is 6.33 Å². The molecule has 9 heteroatoms. The second-order valence-electron chi connectivity index (χ2n) is 4.52. The number of tetrazole rings is 1. The normalized spacial score (nSPS) is 10.4. The van der Waals surface area contributed by atoms with E-state index in [2.05, 4.69) is 20.8 Å². The molecule has 2 rings (SSSR count). The highest BCUT2D eigenvalue weighted by molar-refractivity contribution is 6.31. The summed E-state index contributed by atoms with van der Waals surface area (Å²) in [4.78, 5) is 22.6. The fraction of sp³-hybridized carbons (Fsp3) is 0.308. The van der Waals surface area contributed by atoms with E-state index in [0.29, 0.717) is 35.7 Å². The van der Waals surface area contributed by atoms with Crippen LogP contribution in [0.5, 0.6) is 0 Å². The van der Waals surface area contributed by atoms with Crippen LogP contribution in [0.1, 0.15) is 29.6 Å². The van der Waals surface area contributed by atoms with Gasteiger partial charge in [0.15, 0.2) is 0 Å². The van der Waals surface area contributed by atoms with Gasteiger partial charge < -0.3 is 10.4 Å². The molecule has 0 aliphatic rings. The lowest BCUT2D eigenvalue weighted by Gasteiger charge is -2.09. The van der Waals surface area contributed by atoms with Crippen LogP contribution in [-0.2, 0) is 4.79 Å². The Morgan fingerprint density at radius 2 is 2.14 bits per heavy atom. The van der Waals surface area contributed by atoms with E-state index < -0.39 is 5.97 Å². The Bertz CT molecular complexity index is 660. The van der Waals surface area contributed by atoms with Gasteiger partial charge in [0, 0.05) is 18.0 Å². The van der Waals surface area contributed by atoms with Crippen LogP contribution < -0.4 is 5.32 Å². The number of nitrogens with zero attached hydrogens (tertiary/aromatic N) is 4. The molecule has 116 valence electrons. The zero-order valence-corrected chi connectivity index (χ0v) is 12.3. The minimum Gasteiger partial charge on any atom is -0.481 e. The molecule has 0 atom stereocenters. The molecule has 22 heavy (non-hydrogen) atoms. The summed E-state index contributed by atoms with van der Waals surface area (Å²) in [5.74, 6) is -1.16. The van der Waals surface area contributed by atoms with Gasteiger partial charge in [-0.3, -0.25) is 9.59 Å². The number of benzene rings is 1. The number of carboxylic acid groups (broad SMARTS) is 1. The first-order chi connectivity index (χ1) is 10.6. The zero-order chi connectivity index (χ0) is 15.9. The van der Waals surface area contributed by atoms with E-state index in [-0.39, 0.29) is 12.3 Å². The van der Waals surface area contributed by atoms with Gasteiger partial charge in [-0.15, -0.1) is 5.10 Å². The molecule has 0 aliphatic carbocycles. The Hall–Kier alpha value is -2.48. The maximum Gasteiger partial charge on any atom is 0.303 e. The molecule has 0 aliphatic heterocycles. The van der Waals surface area contributed by atoms with Crippen LogP contribution >= 0.6 is 11.6 Å². The minimum absolute atomic E-state index is 0.0862. The number of aromatic nitrogens is 4. The number of carbonyl (C=O) groups is 2. The molecule has 1 amide bonds. The number of carboxylic acids is 1. The summed E-state index contributed by atoms with van der Waals surface area (Å²) >= 11 is 5.93. The van der Waals surface area contributed by atoms with Crippen molar-refractivity contribution in [1.82, 2.24) is 25.5 Å². The lowest BCUT2D eigenvalue weighted by molar-refractivity contribution is -0.137. The molecular weight excluding hydrogens is 310 g/mol. The Kier molecular flexibility index (Phi) is 5.42. The zero-order valence-electron chi connectivity index (χ0n) is 11.6. The molecular formula is C13H14ClN5O3. The van der Waals surface area contributed by atoms with Crippen LogP contribution in [0.25, 0.3) is 5.69 Å². The number of nitrogens with one attached hydrogen (secondary N) is 1. The number of amides is 1. The van der Waals surface area contributed by atoms with Gasteiger partial charge in [0.2, 0.25) is 0 Å². The maximum atomic E-state index is 12.2. The average Bonchev–Trinajstić information content (AvgIpc) is 3.00. The number of aliphatic carboxylic acids is 1. The Morgan fingerprint density at radius 1 is 1.32 bits per heavy atom. The average molecular weight is 324 g/mol. The van der Waals surface area contributed by atoms with Crippen molar-refractivity contribution in [2.45, 2.75) is 19.3 Å². The minimum atomic E-state index is -0.845. The first kappa shape index (κ1) is 15.9. The predicted octanol–water partition coefficient (Wildman–Crippen LogP) is 1.30. The largest absolute Gasteiger partial charge is 0.481 e. The number of rotatable bonds is 7. The van der Waals surface area contributed by atoms with Crippen LogP contribution in [0.4, 0.5) is 0 Å². The fourth-order valence-corrected chi connectivity index (χ4v) is 2.03. The number of hydrogen-bond acceptors (Lipinski definition) is 5. The molecule has 0 spiro atoms. The molecule has 8 nitrogen and oxygen atoms in total. The lowest BCUT2D eigenvalue weighted by atomic mass is 10.1. The first-order valence-corrected chi connectivity index (χ1v) is 6.98. The van der Waals surface area contributed by atoms with Crippen LogP contribution in [0.15, 0.2) is 24.5 Å². The third-order valence-electron chi connectivity index (χ3n) is 2.90. The summed E-state index contributed by atoms with van der Waals surface area (Å²) in [5.41, 5.74) is 0.857. The molecule has 1 aromatic heterocycles. The number of unbranched alkanes of at least 4 members (excludes halogenated alkanes) is 1. The number of carbonyl (C=O) groups excluding carboxylic acids is 1. The smallest absolute Gasteiger partial charge is 0.303 e. The van der Waals surface area contributed by atoms with Gasteiger partial charge in [0.25, 0.3) is 5.91 Å². The van der Waals surface area contributed by atoms with Crippen LogP contribution in [0, 0.1) is 0 Å². The van der Waals surface area contributed by atoms with Crippen molar-refractivity contribution in [2.24, 2.45) is 0 Å². The topological polar surface area (TPSA) is 110 Å². The van der Waals surface area contributed by atoms with E-state index in [1.807, 2.05) is 0 Å². The summed E-state index contributed by atoms with van der Waals surface area (Å²) in [6.45, 7) is 0.383. The van der Waals surface area contributed by atoms with E-state index in [0.717, 1.165) is 0 Å². The summed E-state index contributed by atoms with van der Waals surface area (Å²) in [6, 6.07) is 4.82. The van der Waals surface area contributed by atoms with Gasteiger partial charge in [-0.05, 0) is 41.5 Å². The third kappa shape index (κ3) is 4.26. The summed E-state index contributed by atoms with van der Waals surface area (Å²) < 4.78 is 1.37. The first-order valence-electron chi connectivity index (χ1n) is 6.61. The standard InChI is InChI=1S/C13H14ClN5O3/c14-9-4-5-11(19-8-16-17-18-19)10(7-9)13(22)15-6-2-1-3-12(20)21/h4-5,7-8H,1-3,6H2,(H,15,22)(H,20,21). The van der Waals surface area contributed by atoms with Crippen LogP contribution in [0.3, 0.4) is 0 Å². The van der Waals surface area contributed by atoms with Crippen molar-refractivity contribution >= 4 is 23.5 Å². The molecule has 1 aromatic carbocycles. The second kappa shape index (κ2) is 7.51. The summed E-state index contributed by atoms with van der Waals surface area (Å²) in [5, 5.41) is 22.5. The SMILES string of the molecule is O=C(O)CCCCNC(=O)c1cc(Cl)ccc1-n1cnnn1. The highest BCUT2D eigenvalue weighted by Gasteiger charge is 2.14. The van der Waals surface area contributed by atoms with Gasteiger partial charge in [-0.25, -0.2) is 0 Å². The lowest BCUT2D eigenvalue weighted by Crippen LogP contribution is -2.26. The molecule has 0 fully saturated rings. The van der Waals surface area contributed by atoms with Gasteiger partial charge >= 0.3 is 5.97 Å². The summed E-state index contributed by atoms with van der Waals surface area (Å²) in [6.07, 6.45) is 2.56. The van der Waals surface area contributed by atoms with E-state index >= 15 is 0 Å². The Morgan fingerprint density at radius 3 is 2.82 bits per heavy atom. The maximum absolute atomic E-state index is 12.2. The van der Waals surface area contributed by atoms with Crippen LogP contribution in [0.2, 0.25) is 5.02 Å². The molecule has 2 aromatic rings. The van der Waals surface area contributed by atoms with Crippen LogP contribution in [-0.4, -0.2) is 43.7 Å². The second-order valence-corrected chi connectivity index (χ2v) is 4.96. The van der Waals surface area contributed by atoms with Crippen molar-refractivity contribution in [2.75, 3.05) is 6.54 Å². The van der Waals surface area contributed by atoms with Crippen molar-refractivity contribution in [3.63, 3.8) is 0 Å². The van der Waals surface area contributed by atoms with Gasteiger partial charge in [-0.1, -0.05) is 11.6 Å². The number of halogens is 1. The molecule has 2 N–H and O–H groups in total. The predicted molar refractivity (Wildman–Crippen MR) is 78.0 cm³/mol. The van der Waals surface area contributed by atoms with Crippen molar-refractivity contribution in [3.8, 4) is 5.69 Å². The van der Waals surface area contributed by atoms with E-state index in [9.17, 15) is 9.59 Å². The van der Waals surface area contributed by atoms with E-state index in [1.165, 1.54) is 17.1 Å². The number of hydrogen-bond donors (Lipinski definition) is 2. The van der Waals surface area contributed by atoms with Crippen molar-refractivity contribution in [3.05, 3.63) is 35.1 Å². The quantitative estimate of drug-likeness (QED) is 0.743. The van der Waals surface area contributed by atoms with E-state index in [1.54, 1.807) is 12.1 Å². The monoisotopic (exact) mass is 323 g/mol. The highest BCUT2D eigenvalue weighted by atomic mass is 35.5. The Labute approximate surface area is 131 Å². The Balaban J connectivity index is 2.03. The molecule has 0 unspecified atom stereocenters. The highest BCUT2D eigenvalue weighted by Crippen LogP contribution is 2.18. The van der Waals surface area contributed by atoms with Gasteiger partial charge in [-0.2, -0.15) is 4.68 Å². The fourth-order valence-electron chi connectivity index (χ4n) is 1.86. The summed E-state index contributed by atoms with van der Waals surface area (Å²) in [7, 11) is 0. The van der Waals surface area contributed by atoms with E-state index in [4.69, 9.17) is 16.7 Å². The third-order valence-corrected chi connectivity index (χ3v) is 3.14. The molecule has 0 saturated carbocycles. The van der Waals surface area contributed by atoms with Gasteiger partial charge in [0.05, 0.1) is 11.3 Å². The molecule has 0 bridgehead atoms. The molecule has 0 saturated heterocycles. The molecule has 0 radical (unpaired) electrons. The molecule has 1 heterocycles. The van der Waals surface area contributed by atoms with Crippen molar-refractivity contribution < 1.29 is 14.7 Å².